The third-order valence-electron chi connectivity index (χ3n) is 4.11. The number of fused-ring (bicyclic) bond motifs is 1. The van der Waals surface area contributed by atoms with Gasteiger partial charge in [0.2, 0.25) is 0 Å². The first-order valence-electron chi connectivity index (χ1n) is 9.39. The fourth-order valence-electron chi connectivity index (χ4n) is 2.55. The van der Waals surface area contributed by atoms with E-state index >= 15 is 0 Å². The molecule has 0 saturated carbocycles. The summed E-state index contributed by atoms with van der Waals surface area (Å²) >= 11 is 4.22. The molecule has 0 bridgehead atoms. The molecule has 2 N–H and O–H groups in total. The largest absolute Gasteiger partial charge is 0.326 e. The van der Waals surface area contributed by atoms with Gasteiger partial charge in [-0.05, 0) is 60.7 Å². The Morgan fingerprint density at radius 1 is 1.11 bits per heavy atom. The van der Waals surface area contributed by atoms with Gasteiger partial charge in [0.25, 0.3) is 0 Å². The highest BCUT2D eigenvalue weighted by Crippen LogP contribution is 2.18. The molecule has 0 atom stereocenters. The van der Waals surface area contributed by atoms with E-state index in [1.807, 2.05) is 36.5 Å². The quantitative estimate of drug-likeness (QED) is 0.530. The van der Waals surface area contributed by atoms with E-state index in [0.717, 1.165) is 40.5 Å². The number of hydrogen-bond acceptors (Lipinski definition) is 3. The molecule has 3 heteroatoms. The molecule has 2 nitrogen and oxygen atoms in total. The molecule has 27 heavy (non-hydrogen) atoms. The van der Waals surface area contributed by atoms with E-state index in [2.05, 4.69) is 67.6 Å². The zero-order valence-corrected chi connectivity index (χ0v) is 17.0. The number of nitrogens with zero attached hydrogens (tertiary/aromatic N) is 1. The lowest BCUT2D eigenvalue weighted by molar-refractivity contribution is 0.600. The van der Waals surface area contributed by atoms with Crippen LogP contribution in [0.1, 0.15) is 55.5 Å². The summed E-state index contributed by atoms with van der Waals surface area (Å²) in [6.07, 6.45) is 13.3. The minimum atomic E-state index is 0.572. The Morgan fingerprint density at radius 2 is 1.85 bits per heavy atom. The predicted molar refractivity (Wildman–Crippen MR) is 119 cm³/mol. The molecule has 1 aromatic heterocycles. The fourth-order valence-corrected chi connectivity index (χ4v) is 2.70. The number of rotatable bonds is 3. The third-order valence-corrected chi connectivity index (χ3v) is 4.41. The lowest BCUT2D eigenvalue weighted by atomic mass is 10.1. The van der Waals surface area contributed by atoms with Gasteiger partial charge >= 0.3 is 0 Å². The van der Waals surface area contributed by atoms with Crippen molar-refractivity contribution in [3.05, 3.63) is 71.1 Å². The van der Waals surface area contributed by atoms with E-state index in [1.54, 1.807) is 0 Å². The average Bonchev–Trinajstić information content (AvgIpc) is 2.92. The molecule has 1 aromatic carbocycles. The molecule has 1 aliphatic rings. The number of nitrogens with two attached hydrogens (primary N) is 1. The van der Waals surface area contributed by atoms with Crippen LogP contribution in [0.25, 0.3) is 12.2 Å². The van der Waals surface area contributed by atoms with Crippen molar-refractivity contribution in [1.29, 1.82) is 0 Å². The Balaban J connectivity index is 0.000000194. The number of aromatic nitrogens is 1. The molecule has 0 radical (unpaired) electrons. The summed E-state index contributed by atoms with van der Waals surface area (Å²) in [4.78, 5) is 5.28. The molecule has 1 heterocycles. The molecule has 0 amide bonds. The van der Waals surface area contributed by atoms with Crippen molar-refractivity contribution in [2.24, 2.45) is 11.7 Å². The number of hydrogen-bond donors (Lipinski definition) is 2. The van der Waals surface area contributed by atoms with Crippen molar-refractivity contribution >= 4 is 24.8 Å². The van der Waals surface area contributed by atoms with E-state index < -0.39 is 0 Å². The highest BCUT2D eigenvalue weighted by molar-refractivity contribution is 7.80. The van der Waals surface area contributed by atoms with E-state index in [1.165, 1.54) is 12.0 Å². The van der Waals surface area contributed by atoms with Crippen LogP contribution in [-0.4, -0.2) is 4.98 Å². The first kappa shape index (κ1) is 21.0. The van der Waals surface area contributed by atoms with Crippen molar-refractivity contribution < 1.29 is 0 Å². The van der Waals surface area contributed by atoms with Crippen molar-refractivity contribution in [2.45, 2.75) is 44.6 Å². The van der Waals surface area contributed by atoms with Crippen molar-refractivity contribution in [3.8, 4) is 11.8 Å². The standard InChI is InChI=1S/C13H16S.C11H12N2/c1-11(2)5-3-4-6-12-7-9-13(14)10-8-12;12-8-9-6-7-13-11-5-3-1-2-4-10(9)11/h7-11,14H,3,5H2,1-2H3;2-7H,1,8,12H2. The van der Waals surface area contributed by atoms with Crippen LogP contribution >= 0.6 is 12.6 Å². The fraction of sp³-hybridized carbons (Fsp3) is 0.292. The van der Waals surface area contributed by atoms with E-state index in [9.17, 15) is 0 Å². The molecule has 0 saturated heterocycles. The van der Waals surface area contributed by atoms with Gasteiger partial charge in [0, 0.05) is 35.2 Å². The summed E-state index contributed by atoms with van der Waals surface area (Å²) in [6, 6.07) is 9.92. The summed E-state index contributed by atoms with van der Waals surface area (Å²) in [5.74, 6) is 7.06. The highest BCUT2D eigenvalue weighted by atomic mass is 32.1. The maximum Gasteiger partial charge on any atom is 0.0702 e. The molecule has 140 valence electrons. The van der Waals surface area contributed by atoms with Gasteiger partial charge in [-0.3, -0.25) is 4.98 Å². The summed E-state index contributed by atoms with van der Waals surface area (Å²) in [6.45, 7) is 5.01. The average molecular weight is 377 g/mol. The summed E-state index contributed by atoms with van der Waals surface area (Å²) in [5, 5.41) is 0. The van der Waals surface area contributed by atoms with Crippen LogP contribution in [0, 0.1) is 17.8 Å². The number of pyridine rings is 1. The monoisotopic (exact) mass is 376 g/mol. The normalized spacial score (nSPS) is 11.7. The smallest absolute Gasteiger partial charge is 0.0702 e. The minimum Gasteiger partial charge on any atom is -0.326 e. The van der Waals surface area contributed by atoms with Crippen LogP contribution in [0.15, 0.2) is 53.6 Å². The predicted octanol–water partition coefficient (Wildman–Crippen LogP) is 5.73. The summed E-state index contributed by atoms with van der Waals surface area (Å²) in [5.41, 5.74) is 10.1. The Bertz CT molecular complexity index is 837. The van der Waals surface area contributed by atoms with Gasteiger partial charge in [-0.2, -0.15) is 0 Å². The molecule has 1 aliphatic carbocycles. The van der Waals surface area contributed by atoms with Gasteiger partial charge in [-0.25, -0.2) is 0 Å². The van der Waals surface area contributed by atoms with Gasteiger partial charge in [-0.1, -0.05) is 43.9 Å². The lowest BCUT2D eigenvalue weighted by Crippen LogP contribution is -2.01. The molecule has 3 rings (SSSR count). The molecule has 0 aliphatic heterocycles. The van der Waals surface area contributed by atoms with Crippen molar-refractivity contribution in [1.82, 2.24) is 4.98 Å². The van der Waals surface area contributed by atoms with Gasteiger partial charge in [0.15, 0.2) is 0 Å². The van der Waals surface area contributed by atoms with Crippen molar-refractivity contribution in [3.63, 3.8) is 0 Å². The molecular formula is C24H28N2S. The Hall–Kier alpha value is -2.28. The second kappa shape index (κ2) is 11.4. The number of allylic oxidation sites excluding steroid dienone is 2. The van der Waals surface area contributed by atoms with Crippen LogP contribution in [0.4, 0.5) is 0 Å². The lowest BCUT2D eigenvalue weighted by Gasteiger charge is -2.04. The Labute approximate surface area is 169 Å². The van der Waals surface area contributed by atoms with Gasteiger partial charge < -0.3 is 5.73 Å². The molecule has 2 aromatic rings. The Kier molecular flexibility index (Phi) is 8.91. The van der Waals surface area contributed by atoms with Gasteiger partial charge in [-0.15, -0.1) is 12.6 Å². The summed E-state index contributed by atoms with van der Waals surface area (Å²) < 4.78 is 0. The van der Waals surface area contributed by atoms with Gasteiger partial charge in [0.1, 0.15) is 0 Å². The van der Waals surface area contributed by atoms with Crippen molar-refractivity contribution in [2.75, 3.05) is 0 Å². The maximum atomic E-state index is 5.64. The van der Waals surface area contributed by atoms with Crippen LogP contribution in [-0.2, 0) is 6.54 Å². The molecule has 0 unspecified atom stereocenters. The van der Waals surface area contributed by atoms with Crippen LogP contribution in [0.3, 0.4) is 0 Å². The van der Waals surface area contributed by atoms with Crippen LogP contribution < -0.4 is 5.73 Å². The van der Waals surface area contributed by atoms with E-state index in [-0.39, 0.29) is 0 Å². The topological polar surface area (TPSA) is 38.9 Å². The maximum absolute atomic E-state index is 5.64. The molecule has 0 fully saturated rings. The van der Waals surface area contributed by atoms with Crippen LogP contribution in [0.5, 0.6) is 0 Å². The number of thiol groups is 1. The minimum absolute atomic E-state index is 0.572. The van der Waals surface area contributed by atoms with Gasteiger partial charge in [0.05, 0.1) is 5.69 Å². The van der Waals surface area contributed by atoms with E-state index in [0.29, 0.717) is 6.54 Å². The summed E-state index contributed by atoms with van der Waals surface area (Å²) in [7, 11) is 0. The second-order valence-corrected chi connectivity index (χ2v) is 7.31. The third kappa shape index (κ3) is 7.46. The first-order chi connectivity index (χ1) is 13.1. The Morgan fingerprint density at radius 3 is 2.56 bits per heavy atom. The highest BCUT2D eigenvalue weighted by Gasteiger charge is 2.04. The van der Waals surface area contributed by atoms with E-state index in [4.69, 9.17) is 5.73 Å². The zero-order chi connectivity index (χ0) is 19.5. The first-order valence-corrected chi connectivity index (χ1v) is 9.83. The second-order valence-electron chi connectivity index (χ2n) is 6.79. The molecule has 0 spiro atoms. The number of benzene rings is 1. The van der Waals surface area contributed by atoms with Crippen LogP contribution in [0.2, 0.25) is 0 Å². The SMILES string of the molecule is CC(C)CCC#Cc1ccc(S)cc1.NCc1ccnc2c1C=CCC=C2. The molecular weight excluding hydrogens is 348 g/mol. The zero-order valence-electron chi connectivity index (χ0n) is 16.2.